The van der Waals surface area contributed by atoms with Crippen molar-refractivity contribution in [2.24, 2.45) is 0 Å². The Hall–Kier alpha value is -2.36. The number of hydrogen-bond acceptors (Lipinski definition) is 4. The highest BCUT2D eigenvalue weighted by atomic mass is 16.5. The summed E-state index contributed by atoms with van der Waals surface area (Å²) in [5, 5.41) is 0. The van der Waals surface area contributed by atoms with E-state index in [0.29, 0.717) is 29.5 Å². The lowest BCUT2D eigenvalue weighted by Gasteiger charge is -2.14. The first-order valence-electron chi connectivity index (χ1n) is 5.93. The minimum Gasteiger partial charge on any atom is -0.493 e. The first-order valence-corrected chi connectivity index (χ1v) is 5.93. The van der Waals surface area contributed by atoms with E-state index in [2.05, 4.69) is 0 Å². The van der Waals surface area contributed by atoms with Crippen LogP contribution in [-0.2, 0) is 6.61 Å². The molecule has 0 bridgehead atoms. The molecule has 0 saturated heterocycles. The van der Waals surface area contributed by atoms with E-state index in [-0.39, 0.29) is 0 Å². The van der Waals surface area contributed by atoms with Crippen LogP contribution in [0.15, 0.2) is 42.5 Å². The summed E-state index contributed by atoms with van der Waals surface area (Å²) in [4.78, 5) is 0. The van der Waals surface area contributed by atoms with Crippen molar-refractivity contribution in [1.29, 1.82) is 0 Å². The molecule has 0 spiro atoms. The van der Waals surface area contributed by atoms with Gasteiger partial charge in [0.05, 0.1) is 14.2 Å². The molecule has 0 aliphatic heterocycles. The first-order chi connectivity index (χ1) is 9.24. The Bertz CT molecular complexity index is 541. The molecule has 4 heteroatoms. The number of anilines is 1. The molecule has 0 radical (unpaired) electrons. The number of nitrogens with two attached hydrogens (primary N) is 1. The van der Waals surface area contributed by atoms with Crippen LogP contribution in [0, 0.1) is 0 Å². The van der Waals surface area contributed by atoms with Crippen LogP contribution in [0.5, 0.6) is 17.2 Å². The molecule has 0 saturated carbocycles. The molecule has 2 N–H and O–H groups in total. The maximum absolute atomic E-state index is 5.81. The fourth-order valence-electron chi connectivity index (χ4n) is 1.79. The molecule has 0 heterocycles. The largest absolute Gasteiger partial charge is 0.493 e. The minimum atomic E-state index is 0.448. The van der Waals surface area contributed by atoms with Gasteiger partial charge in [-0.3, -0.25) is 0 Å². The summed E-state index contributed by atoms with van der Waals surface area (Å²) in [6.07, 6.45) is 0. The first kappa shape index (κ1) is 13.1. The van der Waals surface area contributed by atoms with Gasteiger partial charge in [-0.25, -0.2) is 0 Å². The van der Waals surface area contributed by atoms with E-state index in [9.17, 15) is 0 Å². The highest BCUT2D eigenvalue weighted by molar-refractivity contribution is 5.60. The quantitative estimate of drug-likeness (QED) is 0.839. The van der Waals surface area contributed by atoms with Crippen molar-refractivity contribution in [2.75, 3.05) is 20.0 Å². The van der Waals surface area contributed by atoms with Gasteiger partial charge in [-0.1, -0.05) is 30.3 Å². The van der Waals surface area contributed by atoms with E-state index in [0.717, 1.165) is 5.56 Å². The molecule has 4 nitrogen and oxygen atoms in total. The van der Waals surface area contributed by atoms with Gasteiger partial charge in [0.15, 0.2) is 11.5 Å². The maximum Gasteiger partial charge on any atom is 0.203 e. The zero-order chi connectivity index (χ0) is 13.7. The van der Waals surface area contributed by atoms with Crippen molar-refractivity contribution in [3.8, 4) is 17.2 Å². The number of nitrogen functional groups attached to an aromatic ring is 1. The second-order valence-electron chi connectivity index (χ2n) is 4.03. The van der Waals surface area contributed by atoms with E-state index in [1.807, 2.05) is 30.3 Å². The molecular weight excluding hydrogens is 242 g/mol. The zero-order valence-corrected chi connectivity index (χ0v) is 11.1. The Morgan fingerprint density at radius 1 is 0.947 bits per heavy atom. The number of benzene rings is 2. The molecule has 2 aromatic rings. The van der Waals surface area contributed by atoms with E-state index in [4.69, 9.17) is 19.9 Å². The normalized spacial score (nSPS) is 10.0. The topological polar surface area (TPSA) is 53.7 Å². The van der Waals surface area contributed by atoms with Gasteiger partial charge >= 0.3 is 0 Å². The molecular formula is C15H17NO3. The number of ether oxygens (including phenoxy) is 3. The Balaban J connectivity index is 2.22. The molecule has 0 amide bonds. The van der Waals surface area contributed by atoms with E-state index >= 15 is 0 Å². The predicted molar refractivity (Wildman–Crippen MR) is 74.7 cm³/mol. The third kappa shape index (κ3) is 3.10. The second kappa shape index (κ2) is 6.00. The lowest BCUT2D eigenvalue weighted by Crippen LogP contribution is -2.00. The highest BCUT2D eigenvalue weighted by Crippen LogP contribution is 2.39. The molecule has 2 rings (SSSR count). The summed E-state index contributed by atoms with van der Waals surface area (Å²) in [6.45, 7) is 0.448. The van der Waals surface area contributed by atoms with Gasteiger partial charge in [-0.05, 0) is 5.56 Å². The van der Waals surface area contributed by atoms with Crippen molar-refractivity contribution in [3.05, 3.63) is 48.0 Å². The molecule has 19 heavy (non-hydrogen) atoms. The lowest BCUT2D eigenvalue weighted by atomic mass is 10.2. The molecule has 0 aliphatic rings. The summed E-state index contributed by atoms with van der Waals surface area (Å²) in [6, 6.07) is 13.3. The lowest BCUT2D eigenvalue weighted by molar-refractivity contribution is 0.276. The van der Waals surface area contributed by atoms with Crippen LogP contribution >= 0.6 is 0 Å². The van der Waals surface area contributed by atoms with Crippen LogP contribution in [0.3, 0.4) is 0 Å². The van der Waals surface area contributed by atoms with Crippen molar-refractivity contribution in [2.45, 2.75) is 6.61 Å². The van der Waals surface area contributed by atoms with Crippen molar-refractivity contribution in [1.82, 2.24) is 0 Å². The minimum absolute atomic E-state index is 0.448. The van der Waals surface area contributed by atoms with Gasteiger partial charge in [-0.15, -0.1) is 0 Å². The fraction of sp³-hybridized carbons (Fsp3) is 0.200. The van der Waals surface area contributed by atoms with Gasteiger partial charge in [0.1, 0.15) is 6.61 Å². The average molecular weight is 259 g/mol. The van der Waals surface area contributed by atoms with Crippen molar-refractivity contribution >= 4 is 5.69 Å². The van der Waals surface area contributed by atoms with Crippen LogP contribution in [0.4, 0.5) is 5.69 Å². The summed E-state index contributed by atoms with van der Waals surface area (Å²) in [5.74, 6) is 1.68. The number of hydrogen-bond donors (Lipinski definition) is 1. The molecule has 0 aliphatic carbocycles. The zero-order valence-electron chi connectivity index (χ0n) is 11.1. The molecule has 0 fully saturated rings. The van der Waals surface area contributed by atoms with Crippen LogP contribution in [0.25, 0.3) is 0 Å². The molecule has 0 atom stereocenters. The number of rotatable bonds is 5. The standard InChI is InChI=1S/C15H17NO3/c1-17-13-8-12(16)9-14(15(13)18-2)19-10-11-6-4-3-5-7-11/h3-9H,10,16H2,1-2H3. The van der Waals surface area contributed by atoms with Gasteiger partial charge < -0.3 is 19.9 Å². The average Bonchev–Trinajstić information content (AvgIpc) is 2.45. The Morgan fingerprint density at radius 3 is 2.26 bits per heavy atom. The van der Waals surface area contributed by atoms with E-state index < -0.39 is 0 Å². The van der Waals surface area contributed by atoms with Gasteiger partial charge in [0.2, 0.25) is 5.75 Å². The van der Waals surface area contributed by atoms with Crippen LogP contribution in [-0.4, -0.2) is 14.2 Å². The summed E-state index contributed by atoms with van der Waals surface area (Å²) in [7, 11) is 3.14. The maximum atomic E-state index is 5.81. The smallest absolute Gasteiger partial charge is 0.203 e. The van der Waals surface area contributed by atoms with Crippen molar-refractivity contribution < 1.29 is 14.2 Å². The van der Waals surface area contributed by atoms with Gasteiger partial charge in [0, 0.05) is 17.8 Å². The molecule has 0 unspecified atom stereocenters. The third-order valence-electron chi connectivity index (χ3n) is 2.70. The molecule has 2 aromatic carbocycles. The third-order valence-corrected chi connectivity index (χ3v) is 2.70. The van der Waals surface area contributed by atoms with Crippen molar-refractivity contribution in [3.63, 3.8) is 0 Å². The fourth-order valence-corrected chi connectivity index (χ4v) is 1.79. The summed E-state index contributed by atoms with van der Waals surface area (Å²) < 4.78 is 16.3. The van der Waals surface area contributed by atoms with Gasteiger partial charge in [0.25, 0.3) is 0 Å². The SMILES string of the molecule is COc1cc(N)cc(OCc2ccccc2)c1OC. The summed E-state index contributed by atoms with van der Waals surface area (Å²) >= 11 is 0. The number of methoxy groups -OCH3 is 2. The van der Waals surface area contributed by atoms with E-state index in [1.54, 1.807) is 26.4 Å². The summed E-state index contributed by atoms with van der Waals surface area (Å²) in [5.41, 5.74) is 7.46. The molecule has 100 valence electrons. The predicted octanol–water partition coefficient (Wildman–Crippen LogP) is 2.87. The Kier molecular flexibility index (Phi) is 4.13. The van der Waals surface area contributed by atoms with E-state index in [1.165, 1.54) is 0 Å². The Morgan fingerprint density at radius 2 is 1.63 bits per heavy atom. The monoisotopic (exact) mass is 259 g/mol. The highest BCUT2D eigenvalue weighted by Gasteiger charge is 2.12. The Labute approximate surface area is 112 Å². The molecule has 0 aromatic heterocycles. The van der Waals surface area contributed by atoms with Crippen LogP contribution in [0.2, 0.25) is 0 Å². The van der Waals surface area contributed by atoms with Gasteiger partial charge in [-0.2, -0.15) is 0 Å². The second-order valence-corrected chi connectivity index (χ2v) is 4.03. The van der Waals surface area contributed by atoms with Crippen LogP contribution in [0.1, 0.15) is 5.56 Å². The van der Waals surface area contributed by atoms with Crippen LogP contribution < -0.4 is 19.9 Å².